The summed E-state index contributed by atoms with van der Waals surface area (Å²) in [5.74, 6) is 0.295. The Hall–Kier alpha value is -3.55. The third-order valence-electron chi connectivity index (χ3n) is 5.38. The normalized spacial score (nSPS) is 10.9. The van der Waals surface area contributed by atoms with Gasteiger partial charge in [0.25, 0.3) is 5.91 Å². The average molecular weight is 425 g/mol. The lowest BCUT2D eigenvalue weighted by Gasteiger charge is -2.25. The number of anilines is 2. The van der Waals surface area contributed by atoms with E-state index in [-0.39, 0.29) is 12.5 Å². The summed E-state index contributed by atoms with van der Waals surface area (Å²) in [6, 6.07) is 11.0. The van der Waals surface area contributed by atoms with Crippen molar-refractivity contribution in [2.45, 2.75) is 20.8 Å². The maximum absolute atomic E-state index is 12.6. The Morgan fingerprint density at radius 1 is 0.968 bits per heavy atom. The molecule has 1 heterocycles. The Kier molecular flexibility index (Phi) is 6.48. The van der Waals surface area contributed by atoms with Gasteiger partial charge in [0.1, 0.15) is 5.75 Å². The summed E-state index contributed by atoms with van der Waals surface area (Å²) in [5, 5.41) is 2.91. The average Bonchev–Trinajstić information content (AvgIpc) is 2.77. The van der Waals surface area contributed by atoms with Gasteiger partial charge in [-0.05, 0) is 45.0 Å². The zero-order valence-electron chi connectivity index (χ0n) is 18.6. The van der Waals surface area contributed by atoms with Crippen molar-refractivity contribution in [2.75, 3.05) is 29.9 Å². The van der Waals surface area contributed by atoms with E-state index in [4.69, 9.17) is 4.74 Å². The molecule has 0 aliphatic heterocycles. The van der Waals surface area contributed by atoms with Gasteiger partial charge in [-0.1, -0.05) is 17.7 Å². The number of aromatic nitrogens is 2. The summed E-state index contributed by atoms with van der Waals surface area (Å²) in [5.41, 5.74) is 2.39. The molecule has 2 aromatic carbocycles. The van der Waals surface area contributed by atoms with Gasteiger partial charge in [0.15, 0.2) is 6.61 Å². The Morgan fingerprint density at radius 3 is 2.06 bits per heavy atom. The molecule has 0 spiro atoms. The molecule has 31 heavy (non-hydrogen) atoms. The number of fused-ring (bicyclic) bond motifs is 1. The summed E-state index contributed by atoms with van der Waals surface area (Å²) in [6.07, 6.45) is 0. The Balaban J connectivity index is 1.99. The number of hydrogen-bond acceptors (Lipinski definition) is 5. The van der Waals surface area contributed by atoms with Gasteiger partial charge in [0.2, 0.25) is 0 Å². The van der Waals surface area contributed by atoms with E-state index in [1.54, 1.807) is 20.2 Å². The van der Waals surface area contributed by atoms with Crippen LogP contribution in [0.1, 0.15) is 19.4 Å². The molecule has 8 heteroatoms. The second-order valence-corrected chi connectivity index (χ2v) is 7.41. The third kappa shape index (κ3) is 4.47. The quantitative estimate of drug-likeness (QED) is 0.589. The number of hydrogen-bond donors (Lipinski definition) is 1. The molecular formula is C23H28N4O4. The first-order valence-corrected chi connectivity index (χ1v) is 10.2. The zero-order valence-corrected chi connectivity index (χ0v) is 18.6. The largest absolute Gasteiger partial charge is 0.484 e. The lowest BCUT2D eigenvalue weighted by atomic mass is 10.2. The molecule has 0 atom stereocenters. The molecule has 0 aliphatic rings. The number of carbonyl (C=O) groups is 1. The van der Waals surface area contributed by atoms with Crippen LogP contribution in [0.15, 0.2) is 46.0 Å². The van der Waals surface area contributed by atoms with E-state index in [9.17, 15) is 14.4 Å². The molecule has 0 aliphatic carbocycles. The number of benzene rings is 2. The van der Waals surface area contributed by atoms with E-state index < -0.39 is 11.1 Å². The lowest BCUT2D eigenvalue weighted by Crippen LogP contribution is -2.39. The summed E-state index contributed by atoms with van der Waals surface area (Å²) in [4.78, 5) is 39.2. The summed E-state index contributed by atoms with van der Waals surface area (Å²) in [7, 11) is 3.13. The van der Waals surface area contributed by atoms with Gasteiger partial charge in [0.05, 0.1) is 22.4 Å². The van der Waals surface area contributed by atoms with Gasteiger partial charge in [-0.15, -0.1) is 0 Å². The monoisotopic (exact) mass is 424 g/mol. The third-order valence-corrected chi connectivity index (χ3v) is 5.38. The molecule has 1 N–H and O–H groups in total. The van der Waals surface area contributed by atoms with Crippen LogP contribution in [0.4, 0.5) is 11.4 Å². The highest BCUT2D eigenvalue weighted by Gasteiger charge is 2.17. The van der Waals surface area contributed by atoms with Gasteiger partial charge >= 0.3 is 11.1 Å². The van der Waals surface area contributed by atoms with Gasteiger partial charge in [-0.3, -0.25) is 14.4 Å². The molecule has 0 bridgehead atoms. The maximum atomic E-state index is 12.6. The number of rotatable bonds is 7. The molecule has 0 fully saturated rings. The summed E-state index contributed by atoms with van der Waals surface area (Å²) in [6.45, 7) is 7.28. The van der Waals surface area contributed by atoms with Crippen LogP contribution in [-0.4, -0.2) is 34.7 Å². The zero-order chi connectivity index (χ0) is 22.7. The SMILES string of the molecule is CCN(CC)c1cc2c(cc1NC(=O)COc1ccc(C)cc1)n(C)c(=O)c(=O)n2C. The van der Waals surface area contributed by atoms with Crippen molar-refractivity contribution in [3.05, 3.63) is 62.7 Å². The van der Waals surface area contributed by atoms with Crippen molar-refractivity contribution in [1.29, 1.82) is 0 Å². The maximum Gasteiger partial charge on any atom is 0.316 e. The second kappa shape index (κ2) is 9.07. The topological polar surface area (TPSA) is 85.6 Å². The molecule has 164 valence electrons. The van der Waals surface area contributed by atoms with Crippen LogP contribution in [0.25, 0.3) is 11.0 Å². The van der Waals surface area contributed by atoms with Crippen molar-refractivity contribution in [2.24, 2.45) is 14.1 Å². The van der Waals surface area contributed by atoms with Crippen LogP contribution in [0.2, 0.25) is 0 Å². The number of ether oxygens (including phenoxy) is 1. The van der Waals surface area contributed by atoms with Crippen molar-refractivity contribution in [3.63, 3.8) is 0 Å². The molecule has 0 saturated carbocycles. The fraction of sp³-hybridized carbons (Fsp3) is 0.348. The minimum Gasteiger partial charge on any atom is -0.484 e. The number of aryl methyl sites for hydroxylation is 3. The first-order valence-electron chi connectivity index (χ1n) is 10.2. The highest BCUT2D eigenvalue weighted by Crippen LogP contribution is 2.30. The summed E-state index contributed by atoms with van der Waals surface area (Å²) >= 11 is 0. The predicted octanol–water partition coefficient (Wildman–Crippen LogP) is 2.41. The number of nitrogens with zero attached hydrogens (tertiary/aromatic N) is 3. The molecule has 1 amide bonds. The van der Waals surface area contributed by atoms with E-state index in [1.807, 2.05) is 51.1 Å². The second-order valence-electron chi connectivity index (χ2n) is 7.41. The minimum atomic E-state index is -0.620. The predicted molar refractivity (Wildman–Crippen MR) is 123 cm³/mol. The molecule has 1 aromatic heterocycles. The van der Waals surface area contributed by atoms with Crippen LogP contribution in [0.5, 0.6) is 5.75 Å². The van der Waals surface area contributed by atoms with Crippen molar-refractivity contribution in [3.8, 4) is 5.75 Å². The molecule has 8 nitrogen and oxygen atoms in total. The highest BCUT2D eigenvalue weighted by molar-refractivity contribution is 5.99. The Morgan fingerprint density at radius 2 is 1.52 bits per heavy atom. The van der Waals surface area contributed by atoms with E-state index in [2.05, 4.69) is 10.2 Å². The van der Waals surface area contributed by atoms with E-state index in [0.717, 1.165) is 11.3 Å². The van der Waals surface area contributed by atoms with Gasteiger partial charge in [0, 0.05) is 27.2 Å². The van der Waals surface area contributed by atoms with E-state index in [1.165, 1.54) is 9.13 Å². The van der Waals surface area contributed by atoms with Crippen LogP contribution in [0, 0.1) is 6.92 Å². The van der Waals surface area contributed by atoms with Crippen LogP contribution < -0.4 is 26.1 Å². The molecular weight excluding hydrogens is 396 g/mol. The van der Waals surface area contributed by atoms with Gasteiger partial charge in [-0.2, -0.15) is 0 Å². The highest BCUT2D eigenvalue weighted by atomic mass is 16.5. The fourth-order valence-electron chi connectivity index (χ4n) is 3.50. The summed E-state index contributed by atoms with van der Waals surface area (Å²) < 4.78 is 8.24. The Labute approximate surface area is 180 Å². The molecule has 3 rings (SSSR count). The number of carbonyl (C=O) groups excluding carboxylic acids is 1. The standard InChI is InChI=1S/C23H28N4O4/c1-6-27(7-2)18-13-20-19(25(4)22(29)23(30)26(20)5)12-17(18)24-21(28)14-31-16-10-8-15(3)9-11-16/h8-13H,6-7,14H2,1-5H3,(H,24,28). The van der Waals surface area contributed by atoms with Crippen LogP contribution in [-0.2, 0) is 18.9 Å². The van der Waals surface area contributed by atoms with Crippen molar-refractivity contribution >= 4 is 28.3 Å². The molecule has 0 radical (unpaired) electrons. The van der Waals surface area contributed by atoms with Crippen molar-refractivity contribution in [1.82, 2.24) is 9.13 Å². The van der Waals surface area contributed by atoms with Crippen LogP contribution >= 0.6 is 0 Å². The first kappa shape index (κ1) is 22.1. The number of nitrogens with one attached hydrogen (secondary N) is 1. The van der Waals surface area contributed by atoms with Crippen LogP contribution in [0.3, 0.4) is 0 Å². The van der Waals surface area contributed by atoms with Gasteiger partial charge in [-0.25, -0.2) is 0 Å². The lowest BCUT2D eigenvalue weighted by molar-refractivity contribution is -0.118. The number of amides is 1. The molecule has 0 saturated heterocycles. The fourth-order valence-corrected chi connectivity index (χ4v) is 3.50. The van der Waals surface area contributed by atoms with Gasteiger partial charge < -0.3 is 24.1 Å². The molecule has 0 unspecified atom stereocenters. The first-order chi connectivity index (χ1) is 14.8. The van der Waals surface area contributed by atoms with Crippen molar-refractivity contribution < 1.29 is 9.53 Å². The smallest absolute Gasteiger partial charge is 0.316 e. The molecule has 3 aromatic rings. The minimum absolute atomic E-state index is 0.148. The van der Waals surface area contributed by atoms with E-state index >= 15 is 0 Å². The Bertz CT molecular complexity index is 1220. The van der Waals surface area contributed by atoms with E-state index in [0.29, 0.717) is 35.6 Å².